The van der Waals surface area contributed by atoms with Gasteiger partial charge in [0.05, 0.1) is 0 Å². The molecule has 4 bridgehead atoms. The average molecular weight is 309 g/mol. The van der Waals surface area contributed by atoms with E-state index < -0.39 is 0 Å². The van der Waals surface area contributed by atoms with Crippen LogP contribution in [0.2, 0.25) is 0 Å². The van der Waals surface area contributed by atoms with Crippen molar-refractivity contribution in [1.82, 2.24) is 9.88 Å². The molecule has 3 saturated heterocycles. The summed E-state index contributed by atoms with van der Waals surface area (Å²) in [6.45, 7) is 3.78. The van der Waals surface area contributed by atoms with Crippen LogP contribution in [0.5, 0.6) is 5.88 Å². The summed E-state index contributed by atoms with van der Waals surface area (Å²) in [6.07, 6.45) is 4.90. The predicted molar refractivity (Wildman–Crippen MR) is 72.5 cm³/mol. The molecule has 4 heterocycles. The van der Waals surface area contributed by atoms with Crippen molar-refractivity contribution in [3.05, 3.63) is 22.8 Å². The molecule has 0 N–H and O–H groups in total. The molecule has 5 rings (SSSR count). The Morgan fingerprint density at radius 1 is 1.22 bits per heavy atom. The predicted octanol–water partition coefficient (Wildman–Crippen LogP) is 2.56. The van der Waals surface area contributed by atoms with Gasteiger partial charge in [0.1, 0.15) is 6.10 Å². The number of pyridine rings is 1. The second-order valence-corrected chi connectivity index (χ2v) is 6.89. The summed E-state index contributed by atoms with van der Waals surface area (Å²) in [4.78, 5) is 6.95. The smallest absolute Gasteiger partial charge is 0.214 e. The van der Waals surface area contributed by atoms with E-state index in [0.29, 0.717) is 6.10 Å². The van der Waals surface area contributed by atoms with E-state index in [1.54, 1.807) is 6.20 Å². The van der Waals surface area contributed by atoms with Gasteiger partial charge >= 0.3 is 0 Å². The minimum absolute atomic E-state index is 0.389. The number of hydrogen-bond acceptors (Lipinski definition) is 3. The zero-order chi connectivity index (χ0) is 12.1. The van der Waals surface area contributed by atoms with Crippen molar-refractivity contribution in [2.24, 2.45) is 17.8 Å². The molecular formula is C14H17BrN2O. The largest absolute Gasteiger partial charge is 0.474 e. The van der Waals surface area contributed by atoms with Gasteiger partial charge in [-0.05, 0) is 24.8 Å². The average Bonchev–Trinajstić information content (AvgIpc) is 2.33. The van der Waals surface area contributed by atoms with Crippen LogP contribution in [0.25, 0.3) is 0 Å². The second-order valence-electron chi connectivity index (χ2n) is 5.97. The molecule has 1 aliphatic carbocycles. The molecular weight excluding hydrogens is 292 g/mol. The van der Waals surface area contributed by atoms with Gasteiger partial charge in [0, 0.05) is 48.2 Å². The van der Waals surface area contributed by atoms with Gasteiger partial charge in [-0.15, -0.1) is 0 Å². The molecule has 0 radical (unpaired) electrons. The molecule has 3 nitrogen and oxygen atoms in total. The summed E-state index contributed by atoms with van der Waals surface area (Å²) in [7, 11) is 0. The van der Waals surface area contributed by atoms with Gasteiger partial charge in [-0.3, -0.25) is 0 Å². The molecule has 0 spiro atoms. The first-order valence-corrected chi connectivity index (χ1v) is 7.58. The summed E-state index contributed by atoms with van der Waals surface area (Å²) in [5.41, 5.74) is 0. The topological polar surface area (TPSA) is 25.4 Å². The molecule has 3 aliphatic heterocycles. The standard InChI is InChI=1S/C14H17BrN2O/c15-12-1-2-16-13(5-12)18-14-10-3-9-4-11(14)8-17(6-9)7-10/h1-2,5,9-11,14H,3-4,6-8H2/t9?,10-,11-,14?/m0/s1. The van der Waals surface area contributed by atoms with Gasteiger partial charge in [0.15, 0.2) is 0 Å². The number of halogens is 1. The maximum Gasteiger partial charge on any atom is 0.214 e. The maximum absolute atomic E-state index is 6.20. The number of nitrogens with zero attached hydrogens (tertiary/aromatic N) is 2. The third-order valence-corrected chi connectivity index (χ3v) is 5.15. The molecule has 2 atom stereocenters. The Kier molecular flexibility index (Phi) is 2.62. The van der Waals surface area contributed by atoms with Crippen LogP contribution in [0.4, 0.5) is 0 Å². The Hall–Kier alpha value is -0.610. The molecule has 1 aromatic rings. The van der Waals surface area contributed by atoms with Crippen molar-refractivity contribution < 1.29 is 4.74 Å². The van der Waals surface area contributed by atoms with E-state index in [1.165, 1.54) is 32.5 Å². The number of piperidine rings is 3. The van der Waals surface area contributed by atoms with E-state index in [0.717, 1.165) is 28.1 Å². The van der Waals surface area contributed by atoms with Crippen LogP contribution in [-0.4, -0.2) is 35.6 Å². The first kappa shape index (κ1) is 11.2. The van der Waals surface area contributed by atoms with Crippen molar-refractivity contribution in [3.63, 3.8) is 0 Å². The van der Waals surface area contributed by atoms with Crippen molar-refractivity contribution in [2.45, 2.75) is 18.9 Å². The van der Waals surface area contributed by atoms with Crippen LogP contribution in [-0.2, 0) is 0 Å². The Morgan fingerprint density at radius 2 is 2.00 bits per heavy atom. The van der Waals surface area contributed by atoms with Crippen molar-refractivity contribution in [3.8, 4) is 5.88 Å². The van der Waals surface area contributed by atoms with E-state index in [4.69, 9.17) is 4.74 Å². The first-order valence-electron chi connectivity index (χ1n) is 6.78. The molecule has 1 saturated carbocycles. The van der Waals surface area contributed by atoms with Gasteiger partial charge in [-0.2, -0.15) is 0 Å². The van der Waals surface area contributed by atoms with E-state index in [9.17, 15) is 0 Å². The van der Waals surface area contributed by atoms with Crippen molar-refractivity contribution in [1.29, 1.82) is 0 Å². The summed E-state index contributed by atoms with van der Waals surface area (Å²) < 4.78 is 7.25. The molecule has 0 unspecified atom stereocenters. The molecule has 96 valence electrons. The molecule has 4 aliphatic rings. The number of aromatic nitrogens is 1. The monoisotopic (exact) mass is 308 g/mol. The van der Waals surface area contributed by atoms with Gasteiger partial charge < -0.3 is 9.64 Å². The maximum atomic E-state index is 6.20. The van der Waals surface area contributed by atoms with Crippen LogP contribution in [0, 0.1) is 17.8 Å². The molecule has 1 aromatic heterocycles. The molecule has 18 heavy (non-hydrogen) atoms. The normalized spacial score (nSPS) is 41.1. The summed E-state index contributed by atoms with van der Waals surface area (Å²) in [5.74, 6) is 3.14. The van der Waals surface area contributed by atoms with Crippen molar-refractivity contribution >= 4 is 15.9 Å². The zero-order valence-corrected chi connectivity index (χ0v) is 11.8. The Morgan fingerprint density at radius 3 is 2.67 bits per heavy atom. The van der Waals surface area contributed by atoms with Gasteiger partial charge in [0.2, 0.25) is 5.88 Å². The Bertz CT molecular complexity index is 437. The van der Waals surface area contributed by atoms with E-state index in [2.05, 4.69) is 25.8 Å². The summed E-state index contributed by atoms with van der Waals surface area (Å²) in [5, 5.41) is 0. The highest BCUT2D eigenvalue weighted by atomic mass is 79.9. The number of ether oxygens (including phenoxy) is 1. The SMILES string of the molecule is Brc1ccnc(OC2[C@H]3CC4C[C@H]2CN(C4)C3)c1. The van der Waals surface area contributed by atoms with Crippen LogP contribution >= 0.6 is 15.9 Å². The third kappa shape index (κ3) is 1.86. The lowest BCUT2D eigenvalue weighted by atomic mass is 9.66. The van der Waals surface area contributed by atoms with E-state index in [1.807, 2.05) is 12.1 Å². The lowest BCUT2D eigenvalue weighted by Gasteiger charge is -2.55. The lowest BCUT2D eigenvalue weighted by molar-refractivity contribution is -0.0997. The molecule has 4 heteroatoms. The van der Waals surface area contributed by atoms with E-state index >= 15 is 0 Å². The van der Waals surface area contributed by atoms with Gasteiger partial charge in [-0.1, -0.05) is 15.9 Å². The Labute approximate surface area is 116 Å². The zero-order valence-electron chi connectivity index (χ0n) is 10.3. The third-order valence-electron chi connectivity index (χ3n) is 4.66. The summed E-state index contributed by atoms with van der Waals surface area (Å²) >= 11 is 3.48. The van der Waals surface area contributed by atoms with Gasteiger partial charge in [0.25, 0.3) is 0 Å². The minimum Gasteiger partial charge on any atom is -0.474 e. The Balaban J connectivity index is 1.55. The molecule has 0 aromatic carbocycles. The number of hydrogen-bond donors (Lipinski definition) is 0. The quantitative estimate of drug-likeness (QED) is 0.839. The van der Waals surface area contributed by atoms with Crippen LogP contribution < -0.4 is 4.74 Å². The molecule has 4 fully saturated rings. The van der Waals surface area contributed by atoms with Gasteiger partial charge in [-0.25, -0.2) is 4.98 Å². The highest BCUT2D eigenvalue weighted by molar-refractivity contribution is 9.10. The fraction of sp³-hybridized carbons (Fsp3) is 0.643. The first-order chi connectivity index (χ1) is 8.78. The van der Waals surface area contributed by atoms with Crippen LogP contribution in [0.15, 0.2) is 22.8 Å². The van der Waals surface area contributed by atoms with E-state index in [-0.39, 0.29) is 0 Å². The van der Waals surface area contributed by atoms with Crippen LogP contribution in [0.3, 0.4) is 0 Å². The fourth-order valence-corrected chi connectivity index (χ4v) is 4.46. The minimum atomic E-state index is 0.389. The highest BCUT2D eigenvalue weighted by Crippen LogP contribution is 2.44. The van der Waals surface area contributed by atoms with Crippen molar-refractivity contribution in [2.75, 3.05) is 19.6 Å². The number of rotatable bonds is 2. The second kappa shape index (κ2) is 4.20. The molecule has 0 amide bonds. The lowest BCUT2D eigenvalue weighted by Crippen LogP contribution is -2.61. The fourth-order valence-electron chi connectivity index (χ4n) is 4.15. The highest BCUT2D eigenvalue weighted by Gasteiger charge is 2.48. The summed E-state index contributed by atoms with van der Waals surface area (Å²) in [6, 6.07) is 3.92. The van der Waals surface area contributed by atoms with Crippen LogP contribution in [0.1, 0.15) is 12.8 Å².